The van der Waals surface area contributed by atoms with Crippen LogP contribution in [0.4, 0.5) is 0 Å². The molecule has 1 aliphatic carbocycles. The zero-order chi connectivity index (χ0) is 20.2. The number of sulfonamides is 1. The van der Waals surface area contributed by atoms with Gasteiger partial charge in [0, 0.05) is 19.6 Å². The number of nitrogens with one attached hydrogen (secondary N) is 1. The third-order valence-corrected chi connectivity index (χ3v) is 7.85. The molecule has 0 unspecified atom stereocenters. The van der Waals surface area contributed by atoms with Crippen molar-refractivity contribution in [3.05, 3.63) is 30.3 Å². The molecule has 2 aliphatic rings. The molecule has 8 heteroatoms. The van der Waals surface area contributed by atoms with Gasteiger partial charge in [0.1, 0.15) is 0 Å². The van der Waals surface area contributed by atoms with E-state index in [9.17, 15) is 18.0 Å². The standard InChI is InChI=1S/C20H28N2O5S/c1-27-18(23)10-13-21-19(24)17-14-22(15-20(17)11-6-3-7-12-20)28(25,26)16-8-4-2-5-9-16/h2,4-5,8-9,17H,3,6-7,10-15H2,1H3,(H,21,24)/t17-/m1/s1. The largest absolute Gasteiger partial charge is 0.469 e. The van der Waals surface area contributed by atoms with E-state index in [4.69, 9.17) is 0 Å². The molecule has 28 heavy (non-hydrogen) atoms. The van der Waals surface area contributed by atoms with Crippen molar-refractivity contribution in [3.63, 3.8) is 0 Å². The second kappa shape index (κ2) is 8.61. The van der Waals surface area contributed by atoms with Gasteiger partial charge in [-0.25, -0.2) is 8.42 Å². The van der Waals surface area contributed by atoms with Crippen molar-refractivity contribution in [2.75, 3.05) is 26.7 Å². The highest BCUT2D eigenvalue weighted by Gasteiger charge is 2.53. The van der Waals surface area contributed by atoms with Crippen molar-refractivity contribution in [2.45, 2.75) is 43.4 Å². The van der Waals surface area contributed by atoms with Crippen LogP contribution in [0.2, 0.25) is 0 Å². The number of nitrogens with zero attached hydrogens (tertiary/aromatic N) is 1. The number of hydrogen-bond acceptors (Lipinski definition) is 5. The van der Waals surface area contributed by atoms with E-state index in [0.717, 1.165) is 32.1 Å². The highest BCUT2D eigenvalue weighted by molar-refractivity contribution is 7.89. The lowest BCUT2D eigenvalue weighted by Crippen LogP contribution is -2.43. The van der Waals surface area contributed by atoms with Gasteiger partial charge >= 0.3 is 5.97 Å². The van der Waals surface area contributed by atoms with Gasteiger partial charge in [-0.3, -0.25) is 9.59 Å². The highest BCUT2D eigenvalue weighted by atomic mass is 32.2. The second-order valence-corrected chi connectivity index (χ2v) is 9.64. The number of benzene rings is 1. The molecule has 154 valence electrons. The Morgan fingerprint density at radius 3 is 2.50 bits per heavy atom. The summed E-state index contributed by atoms with van der Waals surface area (Å²) in [6.07, 6.45) is 4.93. The lowest BCUT2D eigenvalue weighted by atomic mass is 9.67. The first-order valence-electron chi connectivity index (χ1n) is 9.79. The van der Waals surface area contributed by atoms with E-state index < -0.39 is 15.9 Å². The number of hydrogen-bond donors (Lipinski definition) is 1. The average Bonchev–Trinajstić information content (AvgIpc) is 3.08. The molecule has 1 aromatic rings. The third kappa shape index (κ3) is 4.22. The van der Waals surface area contributed by atoms with Crippen molar-refractivity contribution in [3.8, 4) is 0 Å². The maximum atomic E-state index is 13.1. The lowest BCUT2D eigenvalue weighted by Gasteiger charge is -2.37. The molecule has 3 rings (SSSR count). The van der Waals surface area contributed by atoms with Crippen LogP contribution in [-0.4, -0.2) is 51.3 Å². The van der Waals surface area contributed by atoms with Gasteiger partial charge in [0.15, 0.2) is 0 Å². The van der Waals surface area contributed by atoms with Crippen molar-refractivity contribution >= 4 is 21.9 Å². The fourth-order valence-corrected chi connectivity index (χ4v) is 6.06. The summed E-state index contributed by atoms with van der Waals surface area (Å²) in [6, 6.07) is 8.37. The summed E-state index contributed by atoms with van der Waals surface area (Å²) < 4.78 is 32.3. The van der Waals surface area contributed by atoms with E-state index in [0.29, 0.717) is 6.54 Å². The summed E-state index contributed by atoms with van der Waals surface area (Å²) in [7, 11) is -2.33. The van der Waals surface area contributed by atoms with Crippen LogP contribution in [0.3, 0.4) is 0 Å². The minimum absolute atomic E-state index is 0.105. The molecule has 1 atom stereocenters. The smallest absolute Gasteiger partial charge is 0.307 e. The minimum atomic E-state index is -3.64. The monoisotopic (exact) mass is 408 g/mol. The van der Waals surface area contributed by atoms with E-state index in [1.165, 1.54) is 11.4 Å². The molecule has 1 saturated carbocycles. The van der Waals surface area contributed by atoms with Gasteiger partial charge in [0.2, 0.25) is 15.9 Å². The van der Waals surface area contributed by atoms with Crippen LogP contribution in [0.25, 0.3) is 0 Å². The molecular formula is C20H28N2O5S. The molecule has 7 nitrogen and oxygen atoms in total. The van der Waals surface area contributed by atoms with Gasteiger partial charge in [-0.2, -0.15) is 4.31 Å². The van der Waals surface area contributed by atoms with Crippen LogP contribution in [0.1, 0.15) is 38.5 Å². The number of carbonyl (C=O) groups is 2. The summed E-state index contributed by atoms with van der Waals surface area (Å²) in [5, 5.41) is 2.81. The Kier molecular flexibility index (Phi) is 6.40. The summed E-state index contributed by atoms with van der Waals surface area (Å²) in [5.41, 5.74) is -0.324. The number of carbonyl (C=O) groups excluding carboxylic acids is 2. The molecule has 2 fully saturated rings. The van der Waals surface area contributed by atoms with Crippen LogP contribution in [0.15, 0.2) is 35.2 Å². The molecule has 0 aromatic heterocycles. The third-order valence-electron chi connectivity index (χ3n) is 6.02. The Hall–Kier alpha value is -1.93. The predicted molar refractivity (Wildman–Crippen MR) is 104 cm³/mol. The Bertz CT molecular complexity index is 803. The van der Waals surface area contributed by atoms with Crippen molar-refractivity contribution < 1.29 is 22.7 Å². The van der Waals surface area contributed by atoms with Crippen LogP contribution >= 0.6 is 0 Å². The fourth-order valence-electron chi connectivity index (χ4n) is 4.48. The Morgan fingerprint density at radius 1 is 1.18 bits per heavy atom. The molecular weight excluding hydrogens is 380 g/mol. The van der Waals surface area contributed by atoms with Crippen molar-refractivity contribution in [1.29, 1.82) is 0 Å². The van der Waals surface area contributed by atoms with Gasteiger partial charge in [-0.1, -0.05) is 37.5 Å². The van der Waals surface area contributed by atoms with Gasteiger partial charge in [0.05, 0.1) is 24.3 Å². The van der Waals surface area contributed by atoms with Crippen LogP contribution in [0.5, 0.6) is 0 Å². The molecule has 1 spiro atoms. The van der Waals surface area contributed by atoms with Gasteiger partial charge in [0.25, 0.3) is 0 Å². The van der Waals surface area contributed by atoms with Gasteiger partial charge in [-0.05, 0) is 30.4 Å². The molecule has 1 amide bonds. The predicted octanol–water partition coefficient (Wildman–Crippen LogP) is 1.94. The van der Waals surface area contributed by atoms with E-state index in [1.54, 1.807) is 30.3 Å². The topological polar surface area (TPSA) is 92.8 Å². The quantitative estimate of drug-likeness (QED) is 0.726. The number of methoxy groups -OCH3 is 1. The highest BCUT2D eigenvalue weighted by Crippen LogP contribution is 2.48. The molecule has 1 heterocycles. The summed E-state index contributed by atoms with van der Waals surface area (Å²) in [4.78, 5) is 24.5. The van der Waals surface area contributed by atoms with Crippen LogP contribution in [0, 0.1) is 11.3 Å². The molecule has 1 aromatic carbocycles. The average molecular weight is 409 g/mol. The zero-order valence-corrected chi connectivity index (χ0v) is 17.0. The van der Waals surface area contributed by atoms with Crippen molar-refractivity contribution in [1.82, 2.24) is 9.62 Å². The SMILES string of the molecule is COC(=O)CCNC(=O)[C@H]1CN(S(=O)(=O)c2ccccc2)CC12CCCCC2. The van der Waals surface area contributed by atoms with Crippen LogP contribution < -0.4 is 5.32 Å². The first-order valence-corrected chi connectivity index (χ1v) is 11.2. The minimum Gasteiger partial charge on any atom is -0.469 e. The Balaban J connectivity index is 1.78. The first-order chi connectivity index (χ1) is 13.4. The normalized spacial score (nSPS) is 22.1. The zero-order valence-electron chi connectivity index (χ0n) is 16.2. The van der Waals surface area contributed by atoms with E-state index in [2.05, 4.69) is 10.1 Å². The van der Waals surface area contributed by atoms with Gasteiger partial charge < -0.3 is 10.1 Å². The molecule has 0 bridgehead atoms. The summed E-state index contributed by atoms with van der Waals surface area (Å²) in [5.74, 6) is -0.951. The molecule has 1 aliphatic heterocycles. The Labute approximate surface area is 166 Å². The molecule has 0 radical (unpaired) electrons. The number of amides is 1. The first kappa shape index (κ1) is 20.8. The number of ether oxygens (including phenoxy) is 1. The van der Waals surface area contributed by atoms with E-state index in [1.807, 2.05) is 0 Å². The summed E-state index contributed by atoms with van der Waals surface area (Å²) in [6.45, 7) is 0.754. The van der Waals surface area contributed by atoms with E-state index in [-0.39, 0.29) is 41.7 Å². The maximum Gasteiger partial charge on any atom is 0.307 e. The number of esters is 1. The number of rotatable bonds is 6. The Morgan fingerprint density at radius 2 is 1.86 bits per heavy atom. The second-order valence-electron chi connectivity index (χ2n) is 7.70. The molecule has 1 saturated heterocycles. The molecule has 1 N–H and O–H groups in total. The summed E-state index contributed by atoms with van der Waals surface area (Å²) >= 11 is 0. The van der Waals surface area contributed by atoms with E-state index >= 15 is 0 Å². The van der Waals surface area contributed by atoms with Crippen LogP contribution in [-0.2, 0) is 24.3 Å². The fraction of sp³-hybridized carbons (Fsp3) is 0.600. The lowest BCUT2D eigenvalue weighted by molar-refractivity contribution is -0.140. The maximum absolute atomic E-state index is 13.1. The van der Waals surface area contributed by atoms with Gasteiger partial charge in [-0.15, -0.1) is 0 Å². The van der Waals surface area contributed by atoms with Crippen molar-refractivity contribution in [2.24, 2.45) is 11.3 Å².